The quantitative estimate of drug-likeness (QED) is 0.864. The fraction of sp³-hybridized carbons (Fsp3) is 0.533. The van der Waals surface area contributed by atoms with Gasteiger partial charge >= 0.3 is 0 Å². The smallest absolute Gasteiger partial charge is 0.254 e. The van der Waals surface area contributed by atoms with E-state index in [0.29, 0.717) is 17.1 Å². The van der Waals surface area contributed by atoms with Crippen molar-refractivity contribution in [2.75, 3.05) is 13.1 Å². The number of carbonyl (C=O) groups excluding carboxylic acids is 1. The van der Waals surface area contributed by atoms with Gasteiger partial charge in [0.1, 0.15) is 0 Å². The van der Waals surface area contributed by atoms with Crippen molar-refractivity contribution in [1.82, 2.24) is 10.2 Å². The lowest BCUT2D eigenvalue weighted by Gasteiger charge is -2.25. The van der Waals surface area contributed by atoms with Crippen LogP contribution in [0.2, 0.25) is 5.02 Å². The molecule has 20 heavy (non-hydrogen) atoms. The highest BCUT2D eigenvalue weighted by Gasteiger charge is 2.31. The molecule has 2 bridgehead atoms. The average molecular weight is 315 g/mol. The second kappa shape index (κ2) is 6.33. The lowest BCUT2D eigenvalue weighted by atomic mass is 10.0. The molecule has 2 saturated heterocycles. The zero-order valence-electron chi connectivity index (χ0n) is 11.6. The number of nitrogens with one attached hydrogen (secondary N) is 1. The molecule has 3 rings (SSSR count). The molecule has 0 aliphatic carbocycles. The molecule has 0 aromatic heterocycles. The molecule has 0 radical (unpaired) electrons. The Morgan fingerprint density at radius 3 is 2.80 bits per heavy atom. The summed E-state index contributed by atoms with van der Waals surface area (Å²) in [5.74, 6) is 0.142. The van der Waals surface area contributed by atoms with E-state index in [0.717, 1.165) is 30.6 Å². The normalized spacial score (nSPS) is 25.0. The van der Waals surface area contributed by atoms with Crippen LogP contribution in [0.1, 0.15) is 35.2 Å². The van der Waals surface area contributed by atoms with Gasteiger partial charge in [0.15, 0.2) is 0 Å². The van der Waals surface area contributed by atoms with Gasteiger partial charge in [-0.05, 0) is 49.9 Å². The number of benzene rings is 1. The predicted molar refractivity (Wildman–Crippen MR) is 83.9 cm³/mol. The molecule has 2 heterocycles. The van der Waals surface area contributed by atoms with E-state index in [4.69, 9.17) is 11.6 Å². The lowest BCUT2D eigenvalue weighted by molar-refractivity contribution is 0.0747. The minimum atomic E-state index is 0. The highest BCUT2D eigenvalue weighted by molar-refractivity contribution is 6.30. The van der Waals surface area contributed by atoms with Crippen LogP contribution in [-0.2, 0) is 0 Å². The van der Waals surface area contributed by atoms with E-state index >= 15 is 0 Å². The van der Waals surface area contributed by atoms with Gasteiger partial charge in [-0.15, -0.1) is 12.4 Å². The zero-order chi connectivity index (χ0) is 13.4. The van der Waals surface area contributed by atoms with Crippen molar-refractivity contribution >= 4 is 29.9 Å². The lowest BCUT2D eigenvalue weighted by Crippen LogP contribution is -2.39. The number of rotatable bonds is 1. The molecule has 5 heteroatoms. The van der Waals surface area contributed by atoms with Crippen molar-refractivity contribution in [2.45, 2.75) is 38.3 Å². The van der Waals surface area contributed by atoms with E-state index in [1.54, 1.807) is 6.07 Å². The van der Waals surface area contributed by atoms with Gasteiger partial charge < -0.3 is 10.2 Å². The zero-order valence-corrected chi connectivity index (χ0v) is 13.1. The van der Waals surface area contributed by atoms with Gasteiger partial charge in [0.2, 0.25) is 0 Å². The molecule has 1 amide bonds. The number of carbonyl (C=O) groups is 1. The molecule has 2 aliphatic heterocycles. The minimum Gasteiger partial charge on any atom is -0.337 e. The number of hydrogen-bond donors (Lipinski definition) is 1. The van der Waals surface area contributed by atoms with Gasteiger partial charge in [0.05, 0.1) is 0 Å². The van der Waals surface area contributed by atoms with Crippen molar-refractivity contribution in [2.24, 2.45) is 0 Å². The maximum atomic E-state index is 12.6. The molecular formula is C15H20Cl2N2O. The minimum absolute atomic E-state index is 0. The first-order chi connectivity index (χ1) is 9.13. The highest BCUT2D eigenvalue weighted by Crippen LogP contribution is 2.23. The van der Waals surface area contributed by atoms with Crippen LogP contribution in [0.15, 0.2) is 18.2 Å². The van der Waals surface area contributed by atoms with Crippen molar-refractivity contribution in [3.63, 3.8) is 0 Å². The van der Waals surface area contributed by atoms with Crippen LogP contribution in [0.3, 0.4) is 0 Å². The Labute approximate surface area is 131 Å². The maximum absolute atomic E-state index is 12.6. The summed E-state index contributed by atoms with van der Waals surface area (Å²) in [6.45, 7) is 3.63. The summed E-state index contributed by atoms with van der Waals surface area (Å²) in [5, 5.41) is 4.28. The second-order valence-corrected chi connectivity index (χ2v) is 6.07. The van der Waals surface area contributed by atoms with Gasteiger partial charge in [-0.25, -0.2) is 0 Å². The monoisotopic (exact) mass is 314 g/mol. The number of hydrogen-bond acceptors (Lipinski definition) is 2. The summed E-state index contributed by atoms with van der Waals surface area (Å²) >= 11 is 5.95. The molecule has 110 valence electrons. The van der Waals surface area contributed by atoms with Crippen molar-refractivity contribution in [3.8, 4) is 0 Å². The SMILES string of the molecule is Cc1cc(Cl)ccc1C(=O)N1CCC2CCC(C1)N2.Cl. The van der Waals surface area contributed by atoms with E-state index < -0.39 is 0 Å². The van der Waals surface area contributed by atoms with Crippen LogP contribution in [-0.4, -0.2) is 36.0 Å². The summed E-state index contributed by atoms with van der Waals surface area (Å²) in [4.78, 5) is 14.6. The first-order valence-corrected chi connectivity index (χ1v) is 7.33. The van der Waals surface area contributed by atoms with Gasteiger partial charge in [-0.2, -0.15) is 0 Å². The topological polar surface area (TPSA) is 32.3 Å². The van der Waals surface area contributed by atoms with Crippen LogP contribution < -0.4 is 5.32 Å². The fourth-order valence-electron chi connectivity index (χ4n) is 3.16. The number of nitrogens with zero attached hydrogens (tertiary/aromatic N) is 1. The fourth-order valence-corrected chi connectivity index (χ4v) is 3.39. The van der Waals surface area contributed by atoms with Crippen LogP contribution in [0.5, 0.6) is 0 Å². The molecule has 2 aliphatic rings. The molecule has 0 spiro atoms. The Morgan fingerprint density at radius 1 is 1.30 bits per heavy atom. The van der Waals surface area contributed by atoms with E-state index in [-0.39, 0.29) is 18.3 Å². The average Bonchev–Trinajstić information content (AvgIpc) is 2.68. The number of amides is 1. The van der Waals surface area contributed by atoms with E-state index in [9.17, 15) is 4.79 Å². The Bertz CT molecular complexity index is 507. The van der Waals surface area contributed by atoms with E-state index in [1.165, 1.54) is 12.8 Å². The van der Waals surface area contributed by atoms with Gasteiger partial charge in [0.25, 0.3) is 5.91 Å². The maximum Gasteiger partial charge on any atom is 0.254 e. The Kier molecular flexibility index (Phi) is 4.95. The summed E-state index contributed by atoms with van der Waals surface area (Å²) in [5.41, 5.74) is 1.74. The number of likely N-dealkylation sites (tertiary alicyclic amines) is 1. The molecule has 2 unspecified atom stereocenters. The van der Waals surface area contributed by atoms with Crippen LogP contribution >= 0.6 is 24.0 Å². The number of halogens is 2. The van der Waals surface area contributed by atoms with Crippen LogP contribution in [0, 0.1) is 6.92 Å². The Hall–Kier alpha value is -0.770. The molecule has 1 aromatic carbocycles. The molecule has 1 N–H and O–H groups in total. The summed E-state index contributed by atoms with van der Waals surface area (Å²) in [6.07, 6.45) is 3.51. The largest absolute Gasteiger partial charge is 0.337 e. The summed E-state index contributed by atoms with van der Waals surface area (Å²) < 4.78 is 0. The van der Waals surface area contributed by atoms with Crippen LogP contribution in [0.25, 0.3) is 0 Å². The Balaban J connectivity index is 0.00000147. The van der Waals surface area contributed by atoms with Crippen LogP contribution in [0.4, 0.5) is 0 Å². The standard InChI is InChI=1S/C15H19ClN2O.ClH/c1-10-8-11(16)2-5-14(10)15(19)18-7-6-12-3-4-13(9-18)17-12;/h2,5,8,12-13,17H,3-4,6-7,9H2,1H3;1H. The van der Waals surface area contributed by atoms with Crippen molar-refractivity contribution in [1.29, 1.82) is 0 Å². The molecule has 3 nitrogen and oxygen atoms in total. The molecular weight excluding hydrogens is 295 g/mol. The van der Waals surface area contributed by atoms with E-state index in [2.05, 4.69) is 5.32 Å². The second-order valence-electron chi connectivity index (χ2n) is 5.64. The summed E-state index contributed by atoms with van der Waals surface area (Å²) in [6, 6.07) is 6.58. The third kappa shape index (κ3) is 3.11. The molecule has 1 aromatic rings. The van der Waals surface area contributed by atoms with Gasteiger partial charge in [-0.1, -0.05) is 11.6 Å². The summed E-state index contributed by atoms with van der Waals surface area (Å²) in [7, 11) is 0. The molecule has 2 atom stereocenters. The first kappa shape index (κ1) is 15.6. The predicted octanol–water partition coefficient (Wildman–Crippen LogP) is 3.04. The number of fused-ring (bicyclic) bond motifs is 2. The molecule has 0 saturated carbocycles. The van der Waals surface area contributed by atoms with Gasteiger partial charge in [0, 0.05) is 35.8 Å². The van der Waals surface area contributed by atoms with Crippen molar-refractivity contribution in [3.05, 3.63) is 34.3 Å². The Morgan fingerprint density at radius 2 is 2.05 bits per heavy atom. The third-order valence-electron chi connectivity index (χ3n) is 4.23. The highest BCUT2D eigenvalue weighted by atomic mass is 35.5. The molecule has 2 fully saturated rings. The van der Waals surface area contributed by atoms with Gasteiger partial charge in [-0.3, -0.25) is 4.79 Å². The van der Waals surface area contributed by atoms with Crippen molar-refractivity contribution < 1.29 is 4.79 Å². The van der Waals surface area contributed by atoms with E-state index in [1.807, 2.05) is 24.0 Å². The first-order valence-electron chi connectivity index (χ1n) is 6.95. The number of aryl methyl sites for hydroxylation is 1. The third-order valence-corrected chi connectivity index (χ3v) is 4.46.